The molecule has 1 amide bonds. The van der Waals surface area contributed by atoms with E-state index in [2.05, 4.69) is 4.98 Å². The van der Waals surface area contributed by atoms with Crippen LogP contribution in [-0.2, 0) is 20.1 Å². The van der Waals surface area contributed by atoms with Crippen LogP contribution in [-0.4, -0.2) is 51.1 Å². The van der Waals surface area contributed by atoms with Crippen LogP contribution in [0.5, 0.6) is 0 Å². The Morgan fingerprint density at radius 3 is 2.80 bits per heavy atom. The van der Waals surface area contributed by atoms with Crippen molar-refractivity contribution in [2.24, 2.45) is 0 Å². The molecule has 0 atom stereocenters. The van der Waals surface area contributed by atoms with Gasteiger partial charge in [-0.05, 0) is 20.8 Å². The third-order valence-corrected chi connectivity index (χ3v) is 4.75. The number of aromatic nitrogens is 2. The molecule has 2 aromatic heterocycles. The van der Waals surface area contributed by atoms with Crippen LogP contribution in [0.25, 0.3) is 4.96 Å². The molecule has 0 saturated heterocycles. The number of ether oxygens (including phenoxy) is 1. The number of carbonyl (C=O) groups is 2. The maximum atomic E-state index is 12.1. The number of thioether (sulfide) groups is 1. The highest BCUT2D eigenvalue weighted by Crippen LogP contribution is 2.13. The molecule has 25 heavy (non-hydrogen) atoms. The Morgan fingerprint density at radius 2 is 2.12 bits per heavy atom. The van der Waals surface area contributed by atoms with Crippen LogP contribution < -0.4 is 5.56 Å². The predicted molar refractivity (Wildman–Crippen MR) is 99.0 cm³/mol. The van der Waals surface area contributed by atoms with E-state index in [0.29, 0.717) is 16.4 Å². The number of carbonyl (C=O) groups excluding carboxylic acids is 2. The second-order valence-electron chi connectivity index (χ2n) is 6.47. The largest absolute Gasteiger partial charge is 0.459 e. The Hall–Kier alpha value is -1.87. The van der Waals surface area contributed by atoms with Crippen molar-refractivity contribution in [2.45, 2.75) is 32.1 Å². The zero-order valence-electron chi connectivity index (χ0n) is 14.6. The van der Waals surface area contributed by atoms with E-state index in [1.165, 1.54) is 38.5 Å². The van der Waals surface area contributed by atoms with E-state index < -0.39 is 11.6 Å². The summed E-state index contributed by atoms with van der Waals surface area (Å²) in [6.45, 7) is 5.26. The maximum absolute atomic E-state index is 12.1. The van der Waals surface area contributed by atoms with E-state index in [0.717, 1.165) is 0 Å². The lowest BCUT2D eigenvalue weighted by Crippen LogP contribution is -2.37. The van der Waals surface area contributed by atoms with Gasteiger partial charge in [-0.25, -0.2) is 4.98 Å². The molecule has 2 aromatic rings. The van der Waals surface area contributed by atoms with Crippen LogP contribution in [0.3, 0.4) is 0 Å². The number of thiazole rings is 1. The van der Waals surface area contributed by atoms with E-state index in [4.69, 9.17) is 4.74 Å². The summed E-state index contributed by atoms with van der Waals surface area (Å²) in [6.07, 6.45) is 1.68. The molecule has 2 rings (SSSR count). The standard InChI is InChI=1S/C16H21N3O4S2/c1-16(2,3)23-14(22)8-18(4)13(21)10-24-9-11-7-12(20)19-5-6-25-15(19)17-11/h5-7H,8-10H2,1-4H3. The van der Waals surface area contributed by atoms with Crippen molar-refractivity contribution in [1.82, 2.24) is 14.3 Å². The van der Waals surface area contributed by atoms with Crippen LogP contribution in [0.15, 0.2) is 22.4 Å². The molecule has 0 N–H and O–H groups in total. The monoisotopic (exact) mass is 383 g/mol. The molecule has 7 nitrogen and oxygen atoms in total. The van der Waals surface area contributed by atoms with Crippen LogP contribution >= 0.6 is 23.1 Å². The first kappa shape index (κ1) is 19.5. The van der Waals surface area contributed by atoms with Crippen LogP contribution in [0.4, 0.5) is 0 Å². The molecule has 0 radical (unpaired) electrons. The lowest BCUT2D eigenvalue weighted by atomic mass is 10.2. The van der Waals surface area contributed by atoms with E-state index in [-0.39, 0.29) is 23.8 Å². The highest BCUT2D eigenvalue weighted by Gasteiger charge is 2.19. The summed E-state index contributed by atoms with van der Waals surface area (Å²) in [7, 11) is 1.56. The molecule has 136 valence electrons. The predicted octanol–water partition coefficient (Wildman–Crippen LogP) is 1.79. The van der Waals surface area contributed by atoms with Crippen molar-refractivity contribution in [3.63, 3.8) is 0 Å². The number of hydrogen-bond donors (Lipinski definition) is 0. The normalized spacial score (nSPS) is 11.5. The summed E-state index contributed by atoms with van der Waals surface area (Å²) in [5.41, 5.74) is -0.0640. The Balaban J connectivity index is 1.82. The number of rotatable bonds is 6. The lowest BCUT2D eigenvalue weighted by Gasteiger charge is -2.22. The molecular weight excluding hydrogens is 362 g/mol. The fourth-order valence-electron chi connectivity index (χ4n) is 1.97. The highest BCUT2D eigenvalue weighted by atomic mass is 32.2. The molecule has 0 fully saturated rings. The molecule has 0 spiro atoms. The second-order valence-corrected chi connectivity index (χ2v) is 8.33. The van der Waals surface area contributed by atoms with Crippen LogP contribution in [0, 0.1) is 0 Å². The van der Waals surface area contributed by atoms with Gasteiger partial charge in [0.25, 0.3) is 5.56 Å². The van der Waals surface area contributed by atoms with E-state index in [9.17, 15) is 14.4 Å². The molecule has 0 saturated carbocycles. The van der Waals surface area contributed by atoms with Gasteiger partial charge in [-0.15, -0.1) is 23.1 Å². The van der Waals surface area contributed by atoms with Gasteiger partial charge in [0, 0.05) is 30.4 Å². The number of likely N-dealkylation sites (N-methyl/N-ethyl adjacent to an activating group) is 1. The first-order chi connectivity index (χ1) is 11.7. The molecule has 0 aliphatic rings. The molecular formula is C16H21N3O4S2. The summed E-state index contributed by atoms with van der Waals surface area (Å²) in [6, 6.07) is 1.47. The first-order valence-electron chi connectivity index (χ1n) is 7.65. The fraction of sp³-hybridized carbons (Fsp3) is 0.500. The Kier molecular flexibility index (Phi) is 6.23. The van der Waals surface area contributed by atoms with Crippen molar-refractivity contribution < 1.29 is 14.3 Å². The highest BCUT2D eigenvalue weighted by molar-refractivity contribution is 7.99. The van der Waals surface area contributed by atoms with E-state index >= 15 is 0 Å². The Morgan fingerprint density at radius 1 is 1.40 bits per heavy atom. The molecule has 0 aliphatic carbocycles. The van der Waals surface area contributed by atoms with Gasteiger partial charge in [-0.3, -0.25) is 18.8 Å². The zero-order chi connectivity index (χ0) is 18.6. The van der Waals surface area contributed by atoms with Gasteiger partial charge in [0.05, 0.1) is 11.4 Å². The zero-order valence-corrected chi connectivity index (χ0v) is 16.3. The molecule has 0 bridgehead atoms. The van der Waals surface area contributed by atoms with Gasteiger partial charge < -0.3 is 9.64 Å². The summed E-state index contributed by atoms with van der Waals surface area (Å²) in [5.74, 6) is 0.0384. The third-order valence-electron chi connectivity index (χ3n) is 3.04. The second kappa shape index (κ2) is 8.01. The molecule has 2 heterocycles. The van der Waals surface area contributed by atoms with Crippen LogP contribution in [0.2, 0.25) is 0 Å². The Bertz CT molecular complexity index is 823. The van der Waals surface area contributed by atoms with Crippen molar-refractivity contribution in [3.8, 4) is 0 Å². The SMILES string of the molecule is CN(CC(=O)OC(C)(C)C)C(=O)CSCc1cc(=O)n2ccsc2n1. The summed E-state index contributed by atoms with van der Waals surface area (Å²) < 4.78 is 6.68. The smallest absolute Gasteiger partial charge is 0.326 e. The number of amides is 1. The van der Waals surface area contributed by atoms with Gasteiger partial charge >= 0.3 is 5.97 Å². The minimum atomic E-state index is -0.574. The lowest BCUT2D eigenvalue weighted by molar-refractivity contribution is -0.157. The first-order valence-corrected chi connectivity index (χ1v) is 9.68. The van der Waals surface area contributed by atoms with Crippen molar-refractivity contribution in [3.05, 3.63) is 33.7 Å². The minimum Gasteiger partial charge on any atom is -0.459 e. The van der Waals surface area contributed by atoms with Crippen molar-refractivity contribution in [1.29, 1.82) is 0 Å². The summed E-state index contributed by atoms with van der Waals surface area (Å²) in [5, 5.41) is 1.80. The summed E-state index contributed by atoms with van der Waals surface area (Å²) in [4.78, 5) is 42.1. The number of hydrogen-bond acceptors (Lipinski definition) is 7. The van der Waals surface area contributed by atoms with Gasteiger partial charge in [0.1, 0.15) is 12.1 Å². The number of fused-ring (bicyclic) bond motifs is 1. The molecule has 0 aromatic carbocycles. The van der Waals surface area contributed by atoms with Crippen molar-refractivity contribution >= 4 is 39.9 Å². The quantitative estimate of drug-likeness (QED) is 0.708. The third kappa shape index (κ3) is 5.86. The number of nitrogens with zero attached hydrogens (tertiary/aromatic N) is 3. The topological polar surface area (TPSA) is 81.0 Å². The van der Waals surface area contributed by atoms with Gasteiger partial charge in [0.2, 0.25) is 5.91 Å². The fourth-order valence-corrected chi connectivity index (χ4v) is 3.56. The average Bonchev–Trinajstić information content (AvgIpc) is 2.93. The summed E-state index contributed by atoms with van der Waals surface area (Å²) >= 11 is 2.74. The van der Waals surface area contributed by atoms with Crippen molar-refractivity contribution in [2.75, 3.05) is 19.3 Å². The Labute approximate surface area is 154 Å². The average molecular weight is 383 g/mol. The van der Waals surface area contributed by atoms with Gasteiger partial charge in [-0.1, -0.05) is 0 Å². The maximum Gasteiger partial charge on any atom is 0.326 e. The molecule has 9 heteroatoms. The number of esters is 1. The van der Waals surface area contributed by atoms with Crippen LogP contribution in [0.1, 0.15) is 26.5 Å². The molecule has 0 unspecified atom stereocenters. The van der Waals surface area contributed by atoms with E-state index in [1.807, 2.05) is 0 Å². The van der Waals surface area contributed by atoms with Gasteiger partial charge in [-0.2, -0.15) is 0 Å². The van der Waals surface area contributed by atoms with E-state index in [1.54, 1.807) is 39.4 Å². The minimum absolute atomic E-state index is 0.0859. The van der Waals surface area contributed by atoms with Gasteiger partial charge in [0.15, 0.2) is 4.96 Å². The molecule has 0 aliphatic heterocycles.